The standard InChI is InChI=1S/C10H11FN4S/c1-12-4-3-9-14-15-10(16-9)7-2-5-13-6-8(7)11/h2,5-6,12H,3-4H2,1H3. The second kappa shape index (κ2) is 5.09. The fourth-order valence-electron chi connectivity index (χ4n) is 1.24. The van der Waals surface area contributed by atoms with E-state index in [1.807, 2.05) is 7.05 Å². The molecule has 0 fully saturated rings. The molecule has 4 nitrogen and oxygen atoms in total. The Hall–Kier alpha value is -1.40. The molecule has 84 valence electrons. The van der Waals surface area contributed by atoms with Crippen molar-refractivity contribution in [3.05, 3.63) is 29.3 Å². The number of rotatable bonds is 4. The van der Waals surface area contributed by atoms with E-state index < -0.39 is 0 Å². The monoisotopic (exact) mass is 238 g/mol. The highest BCUT2D eigenvalue weighted by Crippen LogP contribution is 2.25. The lowest BCUT2D eigenvalue weighted by Gasteiger charge is -1.95. The van der Waals surface area contributed by atoms with Gasteiger partial charge in [-0.1, -0.05) is 11.3 Å². The number of hydrogen-bond donors (Lipinski definition) is 1. The molecule has 16 heavy (non-hydrogen) atoms. The van der Waals surface area contributed by atoms with Crippen LogP contribution in [0.1, 0.15) is 5.01 Å². The number of nitrogens with one attached hydrogen (secondary N) is 1. The molecule has 0 bridgehead atoms. The largest absolute Gasteiger partial charge is 0.319 e. The Morgan fingerprint density at radius 3 is 3.06 bits per heavy atom. The summed E-state index contributed by atoms with van der Waals surface area (Å²) < 4.78 is 13.4. The van der Waals surface area contributed by atoms with Gasteiger partial charge in [-0.3, -0.25) is 4.98 Å². The molecule has 2 rings (SSSR count). The molecule has 1 N–H and O–H groups in total. The molecule has 0 saturated carbocycles. The highest BCUT2D eigenvalue weighted by molar-refractivity contribution is 7.14. The molecule has 0 aliphatic rings. The summed E-state index contributed by atoms with van der Waals surface area (Å²) in [6.07, 6.45) is 3.54. The molecule has 2 aromatic heterocycles. The van der Waals surface area contributed by atoms with Crippen molar-refractivity contribution in [2.45, 2.75) is 6.42 Å². The van der Waals surface area contributed by atoms with E-state index in [0.717, 1.165) is 18.0 Å². The smallest absolute Gasteiger partial charge is 0.151 e. The van der Waals surface area contributed by atoms with E-state index in [2.05, 4.69) is 20.5 Å². The molecule has 0 unspecified atom stereocenters. The zero-order valence-corrected chi connectivity index (χ0v) is 9.59. The second-order valence-corrected chi connectivity index (χ2v) is 4.27. The number of hydrogen-bond acceptors (Lipinski definition) is 5. The number of halogens is 1. The first-order valence-electron chi connectivity index (χ1n) is 4.88. The molecule has 2 heterocycles. The maximum atomic E-state index is 13.4. The Balaban J connectivity index is 2.22. The van der Waals surface area contributed by atoms with Crippen LogP contribution < -0.4 is 5.32 Å². The molecule has 0 aliphatic heterocycles. The minimum Gasteiger partial charge on any atom is -0.319 e. The molecular formula is C10H11FN4S. The summed E-state index contributed by atoms with van der Waals surface area (Å²) in [6, 6.07) is 1.61. The highest BCUT2D eigenvalue weighted by atomic mass is 32.1. The third-order valence-corrected chi connectivity index (χ3v) is 3.07. The predicted octanol–water partition coefficient (Wildman–Crippen LogP) is 1.50. The van der Waals surface area contributed by atoms with Crippen LogP contribution in [0.25, 0.3) is 10.6 Å². The maximum Gasteiger partial charge on any atom is 0.151 e. The number of pyridine rings is 1. The SMILES string of the molecule is CNCCc1nnc(-c2ccncc2F)s1. The lowest BCUT2D eigenvalue weighted by Crippen LogP contribution is -2.09. The molecule has 0 atom stereocenters. The van der Waals surface area contributed by atoms with E-state index in [1.54, 1.807) is 12.3 Å². The van der Waals surface area contributed by atoms with Gasteiger partial charge in [0.05, 0.1) is 11.8 Å². The molecule has 0 aliphatic carbocycles. The number of aromatic nitrogens is 3. The van der Waals surface area contributed by atoms with Crippen LogP contribution in [-0.2, 0) is 6.42 Å². The average molecular weight is 238 g/mol. The summed E-state index contributed by atoms with van der Waals surface area (Å²) in [5.41, 5.74) is 0.461. The Labute approximate surface area is 96.6 Å². The van der Waals surface area contributed by atoms with E-state index >= 15 is 0 Å². The third-order valence-electron chi connectivity index (χ3n) is 2.06. The topological polar surface area (TPSA) is 50.7 Å². The van der Waals surface area contributed by atoms with Crippen LogP contribution >= 0.6 is 11.3 Å². The first kappa shape index (κ1) is 11.1. The van der Waals surface area contributed by atoms with Gasteiger partial charge < -0.3 is 5.32 Å². The van der Waals surface area contributed by atoms with Gasteiger partial charge in [-0.05, 0) is 13.1 Å². The lowest BCUT2D eigenvalue weighted by atomic mass is 10.3. The van der Waals surface area contributed by atoms with Crippen molar-refractivity contribution in [2.75, 3.05) is 13.6 Å². The molecule has 0 spiro atoms. The molecular weight excluding hydrogens is 227 g/mol. The Bertz CT molecular complexity index is 471. The van der Waals surface area contributed by atoms with Gasteiger partial charge in [-0.2, -0.15) is 0 Å². The first-order chi connectivity index (χ1) is 7.81. The van der Waals surface area contributed by atoms with Crippen molar-refractivity contribution >= 4 is 11.3 Å². The van der Waals surface area contributed by atoms with Crippen LogP contribution in [0.4, 0.5) is 4.39 Å². The fourth-order valence-corrected chi connectivity index (χ4v) is 2.11. The first-order valence-corrected chi connectivity index (χ1v) is 5.70. The van der Waals surface area contributed by atoms with Gasteiger partial charge in [0.2, 0.25) is 0 Å². The molecule has 0 radical (unpaired) electrons. The highest BCUT2D eigenvalue weighted by Gasteiger charge is 2.10. The normalized spacial score (nSPS) is 10.6. The van der Waals surface area contributed by atoms with Crippen LogP contribution in [-0.4, -0.2) is 28.8 Å². The van der Waals surface area contributed by atoms with Gasteiger partial charge in [0, 0.05) is 19.2 Å². The minimum atomic E-state index is -0.362. The zero-order valence-electron chi connectivity index (χ0n) is 8.77. The Morgan fingerprint density at radius 2 is 2.31 bits per heavy atom. The Kier molecular flexibility index (Phi) is 3.53. The summed E-state index contributed by atoms with van der Waals surface area (Å²) in [6.45, 7) is 0.841. The van der Waals surface area contributed by atoms with E-state index in [4.69, 9.17) is 0 Å². The van der Waals surface area contributed by atoms with Gasteiger partial charge in [0.15, 0.2) is 10.8 Å². The van der Waals surface area contributed by atoms with Crippen LogP contribution in [0.5, 0.6) is 0 Å². The zero-order chi connectivity index (χ0) is 11.4. The molecule has 0 saturated heterocycles. The fraction of sp³-hybridized carbons (Fsp3) is 0.300. The van der Waals surface area contributed by atoms with Crippen molar-refractivity contribution in [3.63, 3.8) is 0 Å². The summed E-state index contributed by atoms with van der Waals surface area (Å²) in [5.74, 6) is -0.362. The van der Waals surface area contributed by atoms with Crippen molar-refractivity contribution in [2.24, 2.45) is 0 Å². The molecule has 0 aromatic carbocycles. The van der Waals surface area contributed by atoms with Crippen LogP contribution in [0.2, 0.25) is 0 Å². The van der Waals surface area contributed by atoms with Gasteiger partial charge in [0.1, 0.15) is 5.01 Å². The lowest BCUT2D eigenvalue weighted by molar-refractivity contribution is 0.624. The van der Waals surface area contributed by atoms with Crippen LogP contribution in [0, 0.1) is 5.82 Å². The van der Waals surface area contributed by atoms with Crippen molar-refractivity contribution in [1.29, 1.82) is 0 Å². The van der Waals surface area contributed by atoms with Gasteiger partial charge in [0.25, 0.3) is 0 Å². The summed E-state index contributed by atoms with van der Waals surface area (Å²) >= 11 is 1.41. The predicted molar refractivity (Wildman–Crippen MR) is 60.7 cm³/mol. The van der Waals surface area contributed by atoms with Gasteiger partial charge in [-0.25, -0.2) is 4.39 Å². The summed E-state index contributed by atoms with van der Waals surface area (Å²) in [7, 11) is 1.88. The second-order valence-electron chi connectivity index (χ2n) is 3.21. The minimum absolute atomic E-state index is 0.362. The average Bonchev–Trinajstić information content (AvgIpc) is 2.75. The van der Waals surface area contributed by atoms with Crippen molar-refractivity contribution < 1.29 is 4.39 Å². The van der Waals surface area contributed by atoms with Crippen molar-refractivity contribution in [1.82, 2.24) is 20.5 Å². The Morgan fingerprint density at radius 1 is 1.44 bits per heavy atom. The summed E-state index contributed by atoms with van der Waals surface area (Å²) in [4.78, 5) is 3.70. The maximum absolute atomic E-state index is 13.4. The molecule has 0 amide bonds. The summed E-state index contributed by atoms with van der Waals surface area (Å²) in [5, 5.41) is 12.5. The van der Waals surface area contributed by atoms with Crippen LogP contribution in [0.15, 0.2) is 18.5 Å². The van der Waals surface area contributed by atoms with E-state index in [0.29, 0.717) is 10.6 Å². The molecule has 6 heteroatoms. The van der Waals surface area contributed by atoms with E-state index in [-0.39, 0.29) is 5.82 Å². The van der Waals surface area contributed by atoms with Gasteiger partial charge in [-0.15, -0.1) is 10.2 Å². The molecule has 2 aromatic rings. The third kappa shape index (κ3) is 2.40. The van der Waals surface area contributed by atoms with Gasteiger partial charge >= 0.3 is 0 Å². The number of likely N-dealkylation sites (N-methyl/N-ethyl adjacent to an activating group) is 1. The van der Waals surface area contributed by atoms with Crippen LogP contribution in [0.3, 0.4) is 0 Å². The van der Waals surface area contributed by atoms with E-state index in [1.165, 1.54) is 17.5 Å². The van der Waals surface area contributed by atoms with E-state index in [9.17, 15) is 4.39 Å². The van der Waals surface area contributed by atoms with Crippen molar-refractivity contribution in [3.8, 4) is 10.6 Å². The quantitative estimate of drug-likeness (QED) is 0.877. The number of nitrogens with zero attached hydrogens (tertiary/aromatic N) is 3.